The van der Waals surface area contributed by atoms with E-state index in [2.05, 4.69) is 5.32 Å². The molecular weight excluding hydrogens is 218 g/mol. The van der Waals surface area contributed by atoms with Gasteiger partial charge in [0, 0.05) is 24.9 Å². The minimum Gasteiger partial charge on any atom is -0.478 e. The molecule has 1 atom stereocenters. The van der Waals surface area contributed by atoms with Crippen molar-refractivity contribution in [3.05, 3.63) is 29.8 Å². The van der Waals surface area contributed by atoms with Crippen molar-refractivity contribution in [2.75, 3.05) is 18.5 Å². The summed E-state index contributed by atoms with van der Waals surface area (Å²) in [6, 6.07) is 7.32. The van der Waals surface area contributed by atoms with Crippen LogP contribution < -0.4 is 5.32 Å². The summed E-state index contributed by atoms with van der Waals surface area (Å²) >= 11 is 0. The lowest BCUT2D eigenvalue weighted by atomic mass is 10.1. The fraction of sp³-hybridized carbons (Fsp3) is 0.462. The zero-order valence-electron chi connectivity index (χ0n) is 9.69. The highest BCUT2D eigenvalue weighted by Crippen LogP contribution is 2.17. The highest BCUT2D eigenvalue weighted by molar-refractivity contribution is 5.88. The molecule has 0 saturated carbocycles. The number of carbonyl (C=O) groups is 1. The Bertz CT molecular complexity index is 384. The van der Waals surface area contributed by atoms with Crippen molar-refractivity contribution in [1.82, 2.24) is 0 Å². The van der Waals surface area contributed by atoms with Crippen molar-refractivity contribution in [2.24, 2.45) is 0 Å². The molecule has 1 aliphatic heterocycles. The molecule has 1 aliphatic rings. The number of hydrogen-bond donors (Lipinski definition) is 2. The molecule has 4 heteroatoms. The van der Waals surface area contributed by atoms with Crippen molar-refractivity contribution in [3.63, 3.8) is 0 Å². The lowest BCUT2D eigenvalue weighted by molar-refractivity contribution is 0.0697. The Balaban J connectivity index is 2.01. The van der Waals surface area contributed by atoms with Crippen LogP contribution in [0.5, 0.6) is 0 Å². The first-order valence-electron chi connectivity index (χ1n) is 5.93. The number of anilines is 1. The van der Waals surface area contributed by atoms with Crippen LogP contribution in [0.25, 0.3) is 0 Å². The van der Waals surface area contributed by atoms with Gasteiger partial charge in [-0.25, -0.2) is 4.79 Å². The summed E-state index contributed by atoms with van der Waals surface area (Å²) in [6.45, 7) is 1.60. The monoisotopic (exact) mass is 235 g/mol. The summed E-state index contributed by atoms with van der Waals surface area (Å²) in [5, 5.41) is 12.3. The maximum absolute atomic E-state index is 10.9. The van der Waals surface area contributed by atoms with Crippen molar-refractivity contribution in [2.45, 2.75) is 25.3 Å². The first-order valence-corrected chi connectivity index (χ1v) is 5.93. The summed E-state index contributed by atoms with van der Waals surface area (Å²) < 4.78 is 5.39. The van der Waals surface area contributed by atoms with E-state index in [1.807, 2.05) is 6.07 Å². The van der Waals surface area contributed by atoms with E-state index in [0.717, 1.165) is 38.2 Å². The fourth-order valence-corrected chi connectivity index (χ4v) is 2.03. The Morgan fingerprint density at radius 2 is 2.24 bits per heavy atom. The summed E-state index contributed by atoms with van der Waals surface area (Å²) in [5.74, 6) is -0.891. The predicted molar refractivity (Wildman–Crippen MR) is 65.5 cm³/mol. The summed E-state index contributed by atoms with van der Waals surface area (Å²) in [5.41, 5.74) is 1.19. The average molecular weight is 235 g/mol. The number of rotatable bonds is 3. The van der Waals surface area contributed by atoms with Gasteiger partial charge in [0.05, 0.1) is 5.56 Å². The van der Waals surface area contributed by atoms with Crippen LogP contribution in [0.4, 0.5) is 5.69 Å². The lowest BCUT2D eigenvalue weighted by Crippen LogP contribution is -2.19. The molecule has 0 aromatic heterocycles. The summed E-state index contributed by atoms with van der Waals surface area (Å²) in [7, 11) is 0. The smallest absolute Gasteiger partial charge is 0.335 e. The molecule has 92 valence electrons. The molecule has 17 heavy (non-hydrogen) atoms. The average Bonchev–Trinajstić information content (AvgIpc) is 2.58. The number of benzene rings is 1. The van der Waals surface area contributed by atoms with Gasteiger partial charge < -0.3 is 15.2 Å². The van der Waals surface area contributed by atoms with Gasteiger partial charge in [-0.1, -0.05) is 6.07 Å². The van der Waals surface area contributed by atoms with Crippen molar-refractivity contribution in [1.29, 1.82) is 0 Å². The Labute approximate surface area is 101 Å². The molecule has 1 saturated heterocycles. The number of aromatic carboxylic acids is 1. The molecule has 1 heterocycles. The van der Waals surface area contributed by atoms with Crippen molar-refractivity contribution < 1.29 is 14.6 Å². The van der Waals surface area contributed by atoms with E-state index < -0.39 is 5.97 Å². The first-order chi connectivity index (χ1) is 8.25. The van der Waals surface area contributed by atoms with Crippen LogP contribution in [0.2, 0.25) is 0 Å². The number of hydrogen-bond acceptors (Lipinski definition) is 3. The molecule has 1 fully saturated rings. The molecule has 1 aromatic carbocycles. The van der Waals surface area contributed by atoms with Gasteiger partial charge in [0.1, 0.15) is 0 Å². The minimum atomic E-state index is -0.891. The van der Waals surface area contributed by atoms with Gasteiger partial charge >= 0.3 is 5.97 Å². The van der Waals surface area contributed by atoms with Gasteiger partial charge in [-0.15, -0.1) is 0 Å². The maximum atomic E-state index is 10.9. The van der Waals surface area contributed by atoms with Crippen LogP contribution >= 0.6 is 0 Å². The van der Waals surface area contributed by atoms with Gasteiger partial charge in [0.15, 0.2) is 0 Å². The molecule has 0 bridgehead atoms. The van der Waals surface area contributed by atoms with Gasteiger partial charge in [-0.3, -0.25) is 0 Å². The standard InChI is InChI=1S/C13H17NO3/c15-13(16)10-3-1-4-12(9-10)14-11-5-2-7-17-8-6-11/h1,3-4,9,11,14H,2,5-8H2,(H,15,16). The predicted octanol–water partition coefficient (Wildman–Crippen LogP) is 2.37. The molecule has 1 unspecified atom stereocenters. The van der Waals surface area contributed by atoms with E-state index in [9.17, 15) is 4.79 Å². The van der Waals surface area contributed by atoms with E-state index in [1.165, 1.54) is 0 Å². The van der Waals surface area contributed by atoms with E-state index in [0.29, 0.717) is 11.6 Å². The third kappa shape index (κ3) is 3.46. The summed E-state index contributed by atoms with van der Waals surface area (Å²) in [4.78, 5) is 10.9. The van der Waals surface area contributed by atoms with E-state index in [1.54, 1.807) is 18.2 Å². The van der Waals surface area contributed by atoms with Crippen LogP contribution in [0.3, 0.4) is 0 Å². The Kier molecular flexibility index (Phi) is 3.98. The van der Waals surface area contributed by atoms with Crippen LogP contribution in [-0.4, -0.2) is 30.3 Å². The molecule has 0 radical (unpaired) electrons. The molecule has 0 aliphatic carbocycles. The van der Waals surface area contributed by atoms with Crippen molar-refractivity contribution in [3.8, 4) is 0 Å². The van der Waals surface area contributed by atoms with Gasteiger partial charge in [-0.05, 0) is 37.5 Å². The lowest BCUT2D eigenvalue weighted by Gasteiger charge is -2.17. The van der Waals surface area contributed by atoms with Crippen LogP contribution in [0.1, 0.15) is 29.6 Å². The van der Waals surface area contributed by atoms with Crippen LogP contribution in [-0.2, 0) is 4.74 Å². The third-order valence-electron chi connectivity index (χ3n) is 2.93. The van der Waals surface area contributed by atoms with E-state index in [-0.39, 0.29) is 0 Å². The maximum Gasteiger partial charge on any atom is 0.335 e. The Morgan fingerprint density at radius 1 is 1.35 bits per heavy atom. The highest BCUT2D eigenvalue weighted by atomic mass is 16.5. The zero-order valence-corrected chi connectivity index (χ0v) is 9.69. The quantitative estimate of drug-likeness (QED) is 0.844. The van der Waals surface area contributed by atoms with E-state index in [4.69, 9.17) is 9.84 Å². The SMILES string of the molecule is O=C(O)c1cccc(NC2CCCOCC2)c1. The highest BCUT2D eigenvalue weighted by Gasteiger charge is 2.12. The first kappa shape index (κ1) is 11.9. The second kappa shape index (κ2) is 5.68. The minimum absolute atomic E-state index is 0.319. The number of carboxylic acids is 1. The molecule has 2 rings (SSSR count). The normalized spacial score (nSPS) is 20.6. The molecule has 0 spiro atoms. The van der Waals surface area contributed by atoms with Crippen LogP contribution in [0.15, 0.2) is 24.3 Å². The van der Waals surface area contributed by atoms with Gasteiger partial charge in [-0.2, -0.15) is 0 Å². The molecule has 1 aromatic rings. The Morgan fingerprint density at radius 3 is 3.06 bits per heavy atom. The second-order valence-electron chi connectivity index (χ2n) is 4.27. The van der Waals surface area contributed by atoms with Crippen molar-refractivity contribution >= 4 is 11.7 Å². The number of nitrogens with one attached hydrogen (secondary N) is 1. The molecular formula is C13H17NO3. The largest absolute Gasteiger partial charge is 0.478 e. The molecule has 0 amide bonds. The Hall–Kier alpha value is -1.55. The van der Waals surface area contributed by atoms with Gasteiger partial charge in [0.25, 0.3) is 0 Å². The summed E-state index contributed by atoms with van der Waals surface area (Å²) in [6.07, 6.45) is 3.09. The van der Waals surface area contributed by atoms with E-state index >= 15 is 0 Å². The zero-order chi connectivity index (χ0) is 12.1. The topological polar surface area (TPSA) is 58.6 Å². The second-order valence-corrected chi connectivity index (χ2v) is 4.27. The third-order valence-corrected chi connectivity index (χ3v) is 2.93. The molecule has 2 N–H and O–H groups in total. The number of ether oxygens (including phenoxy) is 1. The number of carboxylic acid groups (broad SMARTS) is 1. The van der Waals surface area contributed by atoms with Crippen LogP contribution in [0, 0.1) is 0 Å². The fourth-order valence-electron chi connectivity index (χ4n) is 2.03. The molecule has 4 nitrogen and oxygen atoms in total. The van der Waals surface area contributed by atoms with Gasteiger partial charge in [0.2, 0.25) is 0 Å².